The summed E-state index contributed by atoms with van der Waals surface area (Å²) in [7, 11) is 1.66. The predicted molar refractivity (Wildman–Crippen MR) is 158 cm³/mol. The van der Waals surface area contributed by atoms with Gasteiger partial charge in [-0.05, 0) is 58.5 Å². The Morgan fingerprint density at radius 1 is 0.718 bits per heavy atom. The van der Waals surface area contributed by atoms with Crippen LogP contribution in [0.15, 0.2) is 120 Å². The number of para-hydroxylation sites is 3. The highest BCUT2D eigenvalue weighted by atomic mass is 16.5. The minimum absolute atomic E-state index is 0.00470. The molecule has 0 aliphatic heterocycles. The maximum atomic E-state index is 14.5. The summed E-state index contributed by atoms with van der Waals surface area (Å²) >= 11 is 0. The van der Waals surface area contributed by atoms with Crippen molar-refractivity contribution in [3.63, 3.8) is 0 Å². The predicted octanol–water partition coefficient (Wildman–Crippen LogP) is 7.20. The molecule has 3 heterocycles. The second-order valence-electron chi connectivity index (χ2n) is 9.91. The van der Waals surface area contributed by atoms with Gasteiger partial charge >= 0.3 is 0 Å². The third-order valence-corrected chi connectivity index (χ3v) is 7.71. The first-order valence-corrected chi connectivity index (χ1v) is 13.1. The Morgan fingerprint density at radius 2 is 1.31 bits per heavy atom. The molecule has 0 radical (unpaired) electrons. The van der Waals surface area contributed by atoms with Crippen molar-refractivity contribution in [2.24, 2.45) is 0 Å². The Kier molecular flexibility index (Phi) is 5.55. The van der Waals surface area contributed by atoms with Crippen molar-refractivity contribution in [2.45, 2.75) is 12.5 Å². The summed E-state index contributed by atoms with van der Waals surface area (Å²) in [6.07, 6.45) is 4.11. The van der Waals surface area contributed by atoms with Gasteiger partial charge in [-0.2, -0.15) is 0 Å². The van der Waals surface area contributed by atoms with E-state index in [2.05, 4.69) is 58.8 Å². The zero-order chi connectivity index (χ0) is 26.3. The number of methoxy groups -OCH3 is 1. The molecule has 0 spiro atoms. The van der Waals surface area contributed by atoms with Gasteiger partial charge in [0.1, 0.15) is 5.75 Å². The molecule has 0 bridgehead atoms. The van der Waals surface area contributed by atoms with Crippen LogP contribution in [0.2, 0.25) is 0 Å². The fourth-order valence-electron chi connectivity index (χ4n) is 5.80. The second-order valence-corrected chi connectivity index (χ2v) is 9.91. The number of fused-ring (bicyclic) bond motifs is 3. The summed E-state index contributed by atoms with van der Waals surface area (Å²) in [4.78, 5) is 21.4. The van der Waals surface area contributed by atoms with Crippen LogP contribution < -0.4 is 10.3 Å². The van der Waals surface area contributed by atoms with Crippen molar-refractivity contribution in [3.05, 3.63) is 148 Å². The quantitative estimate of drug-likeness (QED) is 0.249. The lowest BCUT2D eigenvalue weighted by atomic mass is 9.84. The fraction of sp³-hybridized carbons (Fsp3) is 0.0882. The molecule has 0 aliphatic carbocycles. The van der Waals surface area contributed by atoms with Gasteiger partial charge in [-0.15, -0.1) is 0 Å². The Morgan fingerprint density at radius 3 is 1.95 bits per heavy atom. The van der Waals surface area contributed by atoms with Crippen molar-refractivity contribution in [2.75, 3.05) is 7.11 Å². The summed E-state index contributed by atoms with van der Waals surface area (Å²) in [5.74, 6) is 0.528. The van der Waals surface area contributed by atoms with Gasteiger partial charge in [-0.3, -0.25) is 4.79 Å². The third kappa shape index (κ3) is 3.91. The van der Waals surface area contributed by atoms with Gasteiger partial charge in [0.2, 0.25) is 0 Å². The smallest absolute Gasteiger partial charge is 0.255 e. The SMILES string of the molecule is COc1ccc(Cn2c(=O)c(C(c3c[nH]c4ccccc34)c3c[nH]c4ccccc34)cc3ccccc32)cc1. The second kappa shape index (κ2) is 9.37. The van der Waals surface area contributed by atoms with Gasteiger partial charge in [-0.1, -0.05) is 66.7 Å². The molecule has 3 aromatic heterocycles. The monoisotopic (exact) mass is 509 g/mol. The maximum absolute atomic E-state index is 14.5. The average Bonchev–Trinajstić information content (AvgIpc) is 3.61. The molecule has 0 saturated heterocycles. The lowest BCUT2D eigenvalue weighted by molar-refractivity contribution is 0.414. The van der Waals surface area contributed by atoms with E-state index in [-0.39, 0.29) is 11.5 Å². The Balaban J connectivity index is 1.50. The molecule has 190 valence electrons. The van der Waals surface area contributed by atoms with E-state index >= 15 is 0 Å². The van der Waals surface area contributed by atoms with Crippen molar-refractivity contribution in [1.82, 2.24) is 14.5 Å². The highest BCUT2D eigenvalue weighted by Gasteiger charge is 2.27. The van der Waals surface area contributed by atoms with Crippen LogP contribution >= 0.6 is 0 Å². The number of benzene rings is 4. The van der Waals surface area contributed by atoms with Crippen molar-refractivity contribution in [1.29, 1.82) is 0 Å². The Labute approximate surface area is 225 Å². The lowest BCUT2D eigenvalue weighted by Gasteiger charge is -2.20. The molecule has 0 saturated carbocycles. The molecule has 0 amide bonds. The van der Waals surface area contributed by atoms with Gasteiger partial charge in [0, 0.05) is 45.7 Å². The van der Waals surface area contributed by atoms with Crippen molar-refractivity contribution in [3.8, 4) is 5.75 Å². The number of ether oxygens (including phenoxy) is 1. The molecule has 7 rings (SSSR count). The molecular formula is C34H27N3O2. The number of pyridine rings is 1. The minimum Gasteiger partial charge on any atom is -0.497 e. The zero-order valence-corrected chi connectivity index (χ0v) is 21.5. The summed E-state index contributed by atoms with van der Waals surface area (Å²) < 4.78 is 7.25. The number of H-pyrrole nitrogens is 2. The molecule has 4 aromatic carbocycles. The molecule has 0 fully saturated rings. The number of hydrogen-bond acceptors (Lipinski definition) is 2. The van der Waals surface area contributed by atoms with E-state index in [9.17, 15) is 4.79 Å². The van der Waals surface area contributed by atoms with Crippen LogP contribution in [-0.2, 0) is 6.54 Å². The normalized spacial score (nSPS) is 11.6. The van der Waals surface area contributed by atoms with Crippen LogP contribution in [0.1, 0.15) is 28.2 Å². The first-order chi connectivity index (χ1) is 19.2. The number of aromatic nitrogens is 3. The number of nitrogens with zero attached hydrogens (tertiary/aromatic N) is 1. The lowest BCUT2D eigenvalue weighted by Crippen LogP contribution is -2.27. The van der Waals surface area contributed by atoms with Crippen molar-refractivity contribution >= 4 is 32.7 Å². The Hall–Kier alpha value is -5.03. The molecule has 5 heteroatoms. The van der Waals surface area contributed by atoms with Gasteiger partial charge in [0.25, 0.3) is 5.56 Å². The highest BCUT2D eigenvalue weighted by Crippen LogP contribution is 2.39. The first kappa shape index (κ1) is 23.1. The Bertz CT molecular complexity index is 1940. The summed E-state index contributed by atoms with van der Waals surface area (Å²) in [5.41, 5.74) is 6.97. The van der Waals surface area contributed by atoms with Crippen LogP contribution in [0.5, 0.6) is 5.75 Å². The molecule has 0 aliphatic rings. The largest absolute Gasteiger partial charge is 0.497 e. The first-order valence-electron chi connectivity index (χ1n) is 13.1. The van der Waals surface area contributed by atoms with E-state index in [1.165, 1.54) is 0 Å². The van der Waals surface area contributed by atoms with Crippen molar-refractivity contribution < 1.29 is 4.74 Å². The van der Waals surface area contributed by atoms with E-state index in [4.69, 9.17) is 4.74 Å². The van der Waals surface area contributed by atoms with Gasteiger partial charge in [0.05, 0.1) is 19.2 Å². The van der Waals surface area contributed by atoms with Crippen LogP contribution in [0.4, 0.5) is 0 Å². The summed E-state index contributed by atoms with van der Waals surface area (Å²) in [6.45, 7) is 0.464. The molecule has 2 N–H and O–H groups in total. The van der Waals surface area contributed by atoms with E-state index in [0.717, 1.165) is 60.7 Å². The van der Waals surface area contributed by atoms with Gasteiger partial charge in [0.15, 0.2) is 0 Å². The van der Waals surface area contributed by atoms with Gasteiger partial charge < -0.3 is 19.3 Å². The number of aromatic amines is 2. The topological polar surface area (TPSA) is 62.8 Å². The van der Waals surface area contributed by atoms with Crippen LogP contribution in [0, 0.1) is 0 Å². The van der Waals surface area contributed by atoms with Gasteiger partial charge in [-0.25, -0.2) is 0 Å². The standard InChI is InChI=1S/C34H27N3O2/c1-39-24-16-14-22(15-17-24)21-37-32-13-7-2-8-23(32)18-27(34(37)38)33(28-19-35-30-11-5-3-9-25(28)30)29-20-36-31-12-6-4-10-26(29)31/h2-20,33,35-36H,21H2,1H3. The zero-order valence-electron chi connectivity index (χ0n) is 21.5. The molecule has 0 atom stereocenters. The van der Waals surface area contributed by atoms with E-state index in [0.29, 0.717) is 6.54 Å². The average molecular weight is 510 g/mol. The third-order valence-electron chi connectivity index (χ3n) is 7.71. The molecule has 5 nitrogen and oxygen atoms in total. The molecular weight excluding hydrogens is 482 g/mol. The summed E-state index contributed by atoms with van der Waals surface area (Å²) in [5, 5.41) is 3.26. The molecule has 0 unspecified atom stereocenters. The number of nitrogens with one attached hydrogen (secondary N) is 2. The van der Waals surface area contributed by atoms with E-state index in [1.54, 1.807) is 7.11 Å². The van der Waals surface area contributed by atoms with Crippen LogP contribution in [0.3, 0.4) is 0 Å². The summed E-state index contributed by atoms with van der Waals surface area (Å²) in [6, 6.07) is 34.7. The molecule has 39 heavy (non-hydrogen) atoms. The fourth-order valence-corrected chi connectivity index (χ4v) is 5.80. The molecule has 7 aromatic rings. The highest BCUT2D eigenvalue weighted by molar-refractivity contribution is 5.90. The maximum Gasteiger partial charge on any atom is 0.255 e. The van der Waals surface area contributed by atoms with Crippen LogP contribution in [0.25, 0.3) is 32.7 Å². The number of rotatable bonds is 6. The number of hydrogen-bond donors (Lipinski definition) is 2. The van der Waals surface area contributed by atoms with E-state index < -0.39 is 0 Å². The van der Waals surface area contributed by atoms with Crippen LogP contribution in [-0.4, -0.2) is 21.6 Å². The van der Waals surface area contributed by atoms with E-state index in [1.807, 2.05) is 71.3 Å². The minimum atomic E-state index is -0.267.